The van der Waals surface area contributed by atoms with Gasteiger partial charge in [-0.25, -0.2) is 4.79 Å². The molecule has 3 aromatic rings. The van der Waals surface area contributed by atoms with Crippen molar-refractivity contribution in [3.8, 4) is 16.9 Å². The summed E-state index contributed by atoms with van der Waals surface area (Å²) in [6, 6.07) is 20.5. The van der Waals surface area contributed by atoms with Crippen LogP contribution >= 0.6 is 15.9 Å². The Balaban J connectivity index is 1.28. The van der Waals surface area contributed by atoms with Crippen LogP contribution in [0.5, 0.6) is 5.75 Å². The van der Waals surface area contributed by atoms with Crippen molar-refractivity contribution >= 4 is 28.1 Å². The number of carbonyl (C=O) groups is 1. The third-order valence-corrected chi connectivity index (χ3v) is 5.92. The largest absolute Gasteiger partial charge is 0.573 e. The molecule has 1 amide bonds. The first-order chi connectivity index (χ1) is 16.3. The van der Waals surface area contributed by atoms with Crippen molar-refractivity contribution in [3.05, 3.63) is 94.0 Å². The van der Waals surface area contributed by atoms with E-state index in [9.17, 15) is 18.0 Å². The molecular formula is C26H21BrF3NO3. The molecule has 0 unspecified atom stereocenters. The highest BCUT2D eigenvalue weighted by Gasteiger charge is 2.32. The molecule has 176 valence electrons. The van der Waals surface area contributed by atoms with E-state index in [-0.39, 0.29) is 30.4 Å². The van der Waals surface area contributed by atoms with Gasteiger partial charge in [0.05, 0.1) is 0 Å². The second-order valence-electron chi connectivity index (χ2n) is 7.67. The SMILES string of the molecule is O=C(NCCC=Cc1ccc(Br)cc1OC(F)(F)F)OCC1c2ccccc2-c2ccccc21. The molecule has 1 aliphatic carbocycles. The van der Waals surface area contributed by atoms with Gasteiger partial charge in [-0.05, 0) is 40.8 Å². The number of halogens is 4. The third kappa shape index (κ3) is 5.80. The fraction of sp³-hybridized carbons (Fsp3) is 0.192. The molecule has 0 aliphatic heterocycles. The van der Waals surface area contributed by atoms with Crippen LogP contribution in [0, 0.1) is 0 Å². The summed E-state index contributed by atoms with van der Waals surface area (Å²) in [6.45, 7) is 0.492. The van der Waals surface area contributed by atoms with Crippen LogP contribution in [0.1, 0.15) is 29.0 Å². The molecule has 4 nitrogen and oxygen atoms in total. The average Bonchev–Trinajstić information content (AvgIpc) is 3.11. The first kappa shape index (κ1) is 23.9. The number of alkyl carbamates (subject to hydrolysis) is 1. The van der Waals surface area contributed by atoms with Crippen molar-refractivity contribution in [1.82, 2.24) is 5.32 Å². The first-order valence-electron chi connectivity index (χ1n) is 10.6. The molecule has 0 bridgehead atoms. The Hall–Kier alpha value is -3.26. The molecule has 0 spiro atoms. The Bertz CT molecular complexity index is 1160. The van der Waals surface area contributed by atoms with Gasteiger partial charge >= 0.3 is 12.5 Å². The van der Waals surface area contributed by atoms with Crippen LogP contribution < -0.4 is 10.1 Å². The molecule has 34 heavy (non-hydrogen) atoms. The molecule has 1 aliphatic rings. The summed E-state index contributed by atoms with van der Waals surface area (Å²) in [5.74, 6) is -0.329. The topological polar surface area (TPSA) is 47.6 Å². The highest BCUT2D eigenvalue weighted by Crippen LogP contribution is 2.44. The highest BCUT2D eigenvalue weighted by atomic mass is 79.9. The van der Waals surface area contributed by atoms with E-state index in [1.165, 1.54) is 18.2 Å². The minimum Gasteiger partial charge on any atom is -0.449 e. The van der Waals surface area contributed by atoms with Crippen LogP contribution in [0.25, 0.3) is 17.2 Å². The number of benzene rings is 3. The van der Waals surface area contributed by atoms with Gasteiger partial charge in [0.1, 0.15) is 12.4 Å². The molecule has 0 heterocycles. The van der Waals surface area contributed by atoms with E-state index in [1.54, 1.807) is 12.1 Å². The van der Waals surface area contributed by atoms with Crippen molar-refractivity contribution in [1.29, 1.82) is 0 Å². The normalized spacial score (nSPS) is 12.9. The van der Waals surface area contributed by atoms with Crippen LogP contribution in [0.15, 0.2) is 77.3 Å². The summed E-state index contributed by atoms with van der Waals surface area (Å²) < 4.78 is 47.8. The Morgan fingerprint density at radius 1 is 1.00 bits per heavy atom. The summed E-state index contributed by atoms with van der Waals surface area (Å²) in [7, 11) is 0. The second-order valence-corrected chi connectivity index (χ2v) is 8.59. The summed E-state index contributed by atoms with van der Waals surface area (Å²) in [4.78, 5) is 12.2. The Morgan fingerprint density at radius 2 is 1.65 bits per heavy atom. The number of fused-ring (bicyclic) bond motifs is 3. The first-order valence-corrected chi connectivity index (χ1v) is 11.4. The molecule has 0 fully saturated rings. The predicted octanol–water partition coefficient (Wildman–Crippen LogP) is 7.29. The van der Waals surface area contributed by atoms with Crippen molar-refractivity contribution in [2.75, 3.05) is 13.2 Å². The quantitative estimate of drug-likeness (QED) is 0.325. The van der Waals surface area contributed by atoms with E-state index in [0.29, 0.717) is 10.9 Å². The number of ether oxygens (including phenoxy) is 2. The van der Waals surface area contributed by atoms with Crippen molar-refractivity contribution in [2.24, 2.45) is 0 Å². The number of nitrogens with one attached hydrogen (secondary N) is 1. The van der Waals surface area contributed by atoms with Gasteiger partial charge in [-0.2, -0.15) is 0 Å². The maximum atomic E-state index is 12.6. The Morgan fingerprint density at radius 3 is 2.29 bits per heavy atom. The lowest BCUT2D eigenvalue weighted by Gasteiger charge is -2.14. The maximum Gasteiger partial charge on any atom is 0.573 e. The average molecular weight is 532 g/mol. The lowest BCUT2D eigenvalue weighted by atomic mass is 9.98. The van der Waals surface area contributed by atoms with E-state index in [1.807, 2.05) is 36.4 Å². The maximum absolute atomic E-state index is 12.6. The van der Waals surface area contributed by atoms with Gasteiger partial charge in [-0.3, -0.25) is 0 Å². The van der Waals surface area contributed by atoms with Gasteiger partial charge in [0.15, 0.2) is 0 Å². The minimum atomic E-state index is -4.78. The number of rotatable bonds is 7. The summed E-state index contributed by atoms with van der Waals surface area (Å²) >= 11 is 3.14. The zero-order valence-corrected chi connectivity index (χ0v) is 19.5. The van der Waals surface area contributed by atoms with Crippen LogP contribution in [-0.4, -0.2) is 25.6 Å². The van der Waals surface area contributed by atoms with Gasteiger partial charge in [-0.15, -0.1) is 13.2 Å². The van der Waals surface area contributed by atoms with Gasteiger partial charge < -0.3 is 14.8 Å². The van der Waals surface area contributed by atoms with Crippen molar-refractivity contribution < 1.29 is 27.4 Å². The Labute approximate surface area is 203 Å². The highest BCUT2D eigenvalue weighted by molar-refractivity contribution is 9.10. The lowest BCUT2D eigenvalue weighted by molar-refractivity contribution is -0.274. The van der Waals surface area contributed by atoms with E-state index < -0.39 is 12.5 Å². The molecule has 4 rings (SSSR count). The second kappa shape index (κ2) is 10.3. The fourth-order valence-corrected chi connectivity index (χ4v) is 4.32. The number of hydrogen-bond acceptors (Lipinski definition) is 3. The number of alkyl halides is 3. The van der Waals surface area contributed by atoms with E-state index >= 15 is 0 Å². The summed E-state index contributed by atoms with van der Waals surface area (Å²) in [5.41, 5.74) is 4.84. The fourth-order valence-electron chi connectivity index (χ4n) is 3.98. The molecule has 0 radical (unpaired) electrons. The molecule has 1 N–H and O–H groups in total. The number of hydrogen-bond donors (Lipinski definition) is 1. The van der Waals surface area contributed by atoms with Gasteiger partial charge in [0, 0.05) is 22.5 Å². The zero-order valence-electron chi connectivity index (χ0n) is 17.9. The molecule has 0 atom stereocenters. The lowest BCUT2D eigenvalue weighted by Crippen LogP contribution is -2.26. The monoisotopic (exact) mass is 531 g/mol. The minimum absolute atomic E-state index is 0.0255. The van der Waals surface area contributed by atoms with Crippen molar-refractivity contribution in [2.45, 2.75) is 18.7 Å². The van der Waals surface area contributed by atoms with Crippen LogP contribution in [0.3, 0.4) is 0 Å². The van der Waals surface area contributed by atoms with E-state index in [2.05, 4.69) is 38.1 Å². The molecule has 0 saturated heterocycles. The summed E-state index contributed by atoms with van der Waals surface area (Å²) in [5, 5.41) is 2.67. The van der Waals surface area contributed by atoms with Gasteiger partial charge in [0.2, 0.25) is 0 Å². The molecular weight excluding hydrogens is 511 g/mol. The van der Waals surface area contributed by atoms with Crippen LogP contribution in [0.2, 0.25) is 0 Å². The smallest absolute Gasteiger partial charge is 0.449 e. The van der Waals surface area contributed by atoms with Gasteiger partial charge in [0.25, 0.3) is 0 Å². The van der Waals surface area contributed by atoms with Crippen LogP contribution in [-0.2, 0) is 4.74 Å². The van der Waals surface area contributed by atoms with E-state index in [4.69, 9.17) is 4.74 Å². The van der Waals surface area contributed by atoms with Crippen molar-refractivity contribution in [3.63, 3.8) is 0 Å². The molecule has 0 aromatic heterocycles. The van der Waals surface area contributed by atoms with Crippen LogP contribution in [0.4, 0.5) is 18.0 Å². The summed E-state index contributed by atoms with van der Waals surface area (Å²) in [6.07, 6.45) is -1.73. The van der Waals surface area contributed by atoms with Gasteiger partial charge in [-0.1, -0.05) is 82.7 Å². The van der Waals surface area contributed by atoms with E-state index in [0.717, 1.165) is 22.3 Å². The third-order valence-electron chi connectivity index (χ3n) is 5.42. The molecule has 8 heteroatoms. The number of carbonyl (C=O) groups excluding carboxylic acids is 1. The Kier molecular flexibility index (Phi) is 7.26. The number of amides is 1. The molecule has 3 aromatic carbocycles. The molecule has 0 saturated carbocycles. The zero-order chi connectivity index (χ0) is 24.1. The standard InChI is InChI=1S/C26H21BrF3NO3/c27-18-13-12-17(24(15-18)34-26(28,29)30)7-5-6-14-31-25(32)33-16-23-21-10-3-1-8-19(21)20-9-2-4-11-22(20)23/h1-5,7-13,15,23H,6,14,16H2,(H,31,32). The predicted molar refractivity (Wildman–Crippen MR) is 128 cm³/mol.